The van der Waals surface area contributed by atoms with Crippen molar-refractivity contribution >= 4 is 17.1 Å². The predicted molar refractivity (Wildman–Crippen MR) is 98.7 cm³/mol. The summed E-state index contributed by atoms with van der Waals surface area (Å²) in [6, 6.07) is 0. The summed E-state index contributed by atoms with van der Waals surface area (Å²) >= 11 is 0. The normalized spacial score (nSPS) is 18.3. The largest absolute Gasteiger partial charge is 0.591 e. The third-order valence-electron chi connectivity index (χ3n) is 3.61. The zero-order chi connectivity index (χ0) is 17.4. The van der Waals surface area contributed by atoms with Gasteiger partial charge in [0.15, 0.2) is 8.32 Å². The molecule has 0 aliphatic heterocycles. The minimum atomic E-state index is -2.93. The Bertz CT molecular complexity index is 386. The van der Waals surface area contributed by atoms with Crippen molar-refractivity contribution in [1.29, 1.82) is 0 Å². The molecule has 0 aromatic carbocycles. The summed E-state index contributed by atoms with van der Waals surface area (Å²) in [6.45, 7) is 14.2. The first kappa shape index (κ1) is 20.9. The Kier molecular flexibility index (Phi) is 8.49. The monoisotopic (exact) mass is 358 g/mol. The van der Waals surface area contributed by atoms with Crippen molar-refractivity contribution < 1.29 is 17.7 Å². The lowest BCUT2D eigenvalue weighted by Crippen LogP contribution is -2.47. The average molecular weight is 359 g/mol. The Hall–Kier alpha value is -0.166. The second kappa shape index (κ2) is 9.35. The van der Waals surface area contributed by atoms with Crippen LogP contribution in [0.15, 0.2) is 0 Å². The summed E-state index contributed by atoms with van der Waals surface area (Å²) in [7, 11) is -4.61. The first-order valence-corrected chi connectivity index (χ1v) is 14.1. The van der Waals surface area contributed by atoms with Crippen LogP contribution in [-0.4, -0.2) is 42.5 Å². The molecule has 1 aliphatic rings. The van der Waals surface area contributed by atoms with Crippen LogP contribution in [-0.2, 0) is 17.7 Å². The molecule has 1 aliphatic carbocycles. The van der Waals surface area contributed by atoms with Gasteiger partial charge in [-0.15, -0.1) is 0 Å². The number of hydrogen-bond donors (Lipinski definition) is 0. The quantitative estimate of drug-likeness (QED) is 0.483. The Morgan fingerprint density at radius 1 is 0.826 bits per heavy atom. The van der Waals surface area contributed by atoms with E-state index in [4.69, 9.17) is 17.7 Å². The molecule has 4 nitrogen and oxygen atoms in total. The summed E-state index contributed by atoms with van der Waals surface area (Å²) in [5.74, 6) is 3.44. The maximum absolute atomic E-state index is 6.52. The molecule has 0 spiro atoms. The number of rotatable bonds is 8. The van der Waals surface area contributed by atoms with E-state index in [0.29, 0.717) is 19.8 Å². The van der Waals surface area contributed by atoms with E-state index in [1.165, 1.54) is 19.3 Å². The Labute approximate surface area is 144 Å². The van der Waals surface area contributed by atoms with Crippen molar-refractivity contribution in [3.8, 4) is 11.5 Å². The maximum Gasteiger partial charge on any atom is 0.591 e. The molecular weight excluding hydrogens is 324 g/mol. The SMILES string of the molecule is CCO[Si](C#CC1(O[Si](C)(C)C)CCCCC1)(OCC)OCC. The van der Waals surface area contributed by atoms with E-state index >= 15 is 0 Å². The van der Waals surface area contributed by atoms with E-state index in [9.17, 15) is 0 Å². The molecule has 0 aromatic heterocycles. The molecule has 0 aromatic rings. The third kappa shape index (κ3) is 7.08. The van der Waals surface area contributed by atoms with Gasteiger partial charge in [-0.25, -0.2) is 0 Å². The highest BCUT2D eigenvalue weighted by atomic mass is 28.4. The molecule has 0 bridgehead atoms. The highest BCUT2D eigenvalue weighted by molar-refractivity contribution is 6.70. The van der Waals surface area contributed by atoms with Crippen LogP contribution in [0.2, 0.25) is 19.6 Å². The Balaban J connectivity index is 3.09. The van der Waals surface area contributed by atoms with Gasteiger partial charge in [0.2, 0.25) is 0 Å². The smallest absolute Gasteiger partial charge is 0.402 e. The molecule has 0 amide bonds. The van der Waals surface area contributed by atoms with E-state index in [1.54, 1.807) is 0 Å². The molecular formula is C17H34O4Si2. The van der Waals surface area contributed by atoms with Crippen molar-refractivity contribution in [3.05, 3.63) is 0 Å². The van der Waals surface area contributed by atoms with Crippen LogP contribution in [0.3, 0.4) is 0 Å². The van der Waals surface area contributed by atoms with E-state index in [2.05, 4.69) is 31.1 Å². The molecule has 1 fully saturated rings. The van der Waals surface area contributed by atoms with Crippen LogP contribution in [0, 0.1) is 11.5 Å². The summed E-state index contributed by atoms with van der Waals surface area (Å²) in [6.07, 6.45) is 5.61. The maximum atomic E-state index is 6.52. The highest BCUT2D eigenvalue weighted by Gasteiger charge is 2.42. The van der Waals surface area contributed by atoms with E-state index < -0.39 is 17.1 Å². The Morgan fingerprint density at radius 2 is 1.30 bits per heavy atom. The fourth-order valence-corrected chi connectivity index (χ4v) is 6.37. The summed E-state index contributed by atoms with van der Waals surface area (Å²) in [5.41, 5.74) is 2.95. The topological polar surface area (TPSA) is 36.9 Å². The van der Waals surface area contributed by atoms with Crippen LogP contribution in [0.4, 0.5) is 0 Å². The van der Waals surface area contributed by atoms with Crippen LogP contribution in [0.1, 0.15) is 52.9 Å². The summed E-state index contributed by atoms with van der Waals surface area (Å²) in [4.78, 5) is 0. The zero-order valence-electron chi connectivity index (χ0n) is 15.8. The second-order valence-corrected chi connectivity index (χ2v) is 13.5. The molecule has 6 heteroatoms. The first-order valence-electron chi connectivity index (χ1n) is 8.97. The molecule has 1 rings (SSSR count). The van der Waals surface area contributed by atoms with Gasteiger partial charge >= 0.3 is 8.80 Å². The number of hydrogen-bond acceptors (Lipinski definition) is 4. The van der Waals surface area contributed by atoms with Gasteiger partial charge in [0.05, 0.1) is 0 Å². The summed E-state index contributed by atoms with van der Waals surface area (Å²) < 4.78 is 24.1. The van der Waals surface area contributed by atoms with E-state index in [0.717, 1.165) is 12.8 Å². The van der Waals surface area contributed by atoms with Gasteiger partial charge in [0, 0.05) is 19.8 Å². The van der Waals surface area contributed by atoms with Gasteiger partial charge in [0.25, 0.3) is 0 Å². The predicted octanol–water partition coefficient (Wildman–Crippen LogP) is 4.13. The molecule has 1 saturated carbocycles. The first-order chi connectivity index (χ1) is 10.8. The van der Waals surface area contributed by atoms with Crippen molar-refractivity contribution in [3.63, 3.8) is 0 Å². The van der Waals surface area contributed by atoms with E-state index in [1.807, 2.05) is 20.8 Å². The minimum Gasteiger partial charge on any atom is -0.402 e. The molecule has 0 heterocycles. The van der Waals surface area contributed by atoms with Crippen molar-refractivity contribution in [2.45, 2.75) is 78.1 Å². The second-order valence-electron chi connectivity index (χ2n) is 6.87. The molecule has 23 heavy (non-hydrogen) atoms. The van der Waals surface area contributed by atoms with Gasteiger partial charge in [0.1, 0.15) is 5.60 Å². The third-order valence-corrected chi connectivity index (χ3v) is 7.05. The van der Waals surface area contributed by atoms with Crippen molar-refractivity contribution in [2.24, 2.45) is 0 Å². The van der Waals surface area contributed by atoms with Gasteiger partial charge < -0.3 is 17.7 Å². The fraction of sp³-hybridized carbons (Fsp3) is 0.882. The highest BCUT2D eigenvalue weighted by Crippen LogP contribution is 2.34. The fourth-order valence-electron chi connectivity index (χ4n) is 2.96. The lowest BCUT2D eigenvalue weighted by Gasteiger charge is -2.38. The molecule has 0 atom stereocenters. The van der Waals surface area contributed by atoms with Crippen LogP contribution >= 0.6 is 0 Å². The minimum absolute atomic E-state index is 0.341. The lowest BCUT2D eigenvalue weighted by molar-refractivity contribution is 0.0760. The molecule has 0 saturated heterocycles. The van der Waals surface area contributed by atoms with Gasteiger partial charge in [-0.1, -0.05) is 12.3 Å². The zero-order valence-corrected chi connectivity index (χ0v) is 17.8. The van der Waals surface area contributed by atoms with Crippen LogP contribution in [0.5, 0.6) is 0 Å². The van der Waals surface area contributed by atoms with Crippen molar-refractivity contribution in [1.82, 2.24) is 0 Å². The summed E-state index contributed by atoms with van der Waals surface area (Å²) in [5, 5.41) is 0. The molecule has 0 radical (unpaired) electrons. The molecule has 0 N–H and O–H groups in total. The molecule has 0 unspecified atom stereocenters. The van der Waals surface area contributed by atoms with Gasteiger partial charge in [-0.2, -0.15) is 0 Å². The Morgan fingerprint density at radius 3 is 1.70 bits per heavy atom. The van der Waals surface area contributed by atoms with Crippen molar-refractivity contribution in [2.75, 3.05) is 19.8 Å². The average Bonchev–Trinajstić information content (AvgIpc) is 2.45. The standard InChI is InChI=1S/C17H34O4Si2/c1-7-18-23(19-8-2,20-9-3)16-15-17(21-22(4,5)6)13-11-10-12-14-17/h7-14H2,1-6H3. The van der Waals surface area contributed by atoms with Gasteiger partial charge in [-0.3, -0.25) is 0 Å². The van der Waals surface area contributed by atoms with Crippen LogP contribution < -0.4 is 0 Å². The van der Waals surface area contributed by atoms with Gasteiger partial charge in [-0.05, 0) is 71.6 Å². The van der Waals surface area contributed by atoms with E-state index in [-0.39, 0.29) is 5.60 Å². The van der Waals surface area contributed by atoms with Crippen LogP contribution in [0.25, 0.3) is 0 Å². The lowest BCUT2D eigenvalue weighted by atomic mass is 9.86. The molecule has 134 valence electrons.